The van der Waals surface area contributed by atoms with Gasteiger partial charge in [0.2, 0.25) is 0 Å². The number of para-hydroxylation sites is 1. The molecule has 0 bridgehead atoms. The average Bonchev–Trinajstić information content (AvgIpc) is 3.00. The molecule has 31 heavy (non-hydrogen) atoms. The molecule has 5 heteroatoms. The Labute approximate surface area is 182 Å². The fraction of sp³-hybridized carbons (Fsp3) is 0.154. The number of methoxy groups -OCH3 is 1. The van der Waals surface area contributed by atoms with E-state index in [2.05, 4.69) is 5.32 Å². The monoisotopic (exact) mass is 412 g/mol. The van der Waals surface area contributed by atoms with Gasteiger partial charge in [-0.1, -0.05) is 54.1 Å². The summed E-state index contributed by atoms with van der Waals surface area (Å²) in [6.07, 6.45) is 0. The number of imide groups is 1. The normalized spacial score (nSPS) is 13.7. The van der Waals surface area contributed by atoms with Gasteiger partial charge in [-0.05, 0) is 55.7 Å². The van der Waals surface area contributed by atoms with Crippen molar-refractivity contribution in [3.63, 3.8) is 0 Å². The number of hydrogen-bond donors (Lipinski definition) is 1. The molecule has 0 saturated carbocycles. The second kappa shape index (κ2) is 8.11. The van der Waals surface area contributed by atoms with Gasteiger partial charge in [-0.15, -0.1) is 0 Å². The van der Waals surface area contributed by atoms with E-state index in [1.165, 1.54) is 12.0 Å². The Morgan fingerprint density at radius 3 is 2.16 bits per heavy atom. The first-order valence-corrected chi connectivity index (χ1v) is 10.1. The Morgan fingerprint density at radius 1 is 0.806 bits per heavy atom. The Bertz CT molecular complexity index is 1210. The van der Waals surface area contributed by atoms with Gasteiger partial charge in [-0.2, -0.15) is 0 Å². The Hall–Kier alpha value is -3.86. The number of hydrogen-bond acceptors (Lipinski definition) is 4. The van der Waals surface area contributed by atoms with Crippen LogP contribution in [0.5, 0.6) is 5.75 Å². The molecule has 0 spiro atoms. The van der Waals surface area contributed by atoms with Crippen molar-refractivity contribution in [1.82, 2.24) is 0 Å². The third-order valence-corrected chi connectivity index (χ3v) is 5.40. The first kappa shape index (κ1) is 20.4. The maximum Gasteiger partial charge on any atom is 0.282 e. The summed E-state index contributed by atoms with van der Waals surface area (Å²) in [6.45, 7) is 5.85. The van der Waals surface area contributed by atoms with Crippen LogP contribution in [0.4, 0.5) is 11.4 Å². The molecular weight excluding hydrogens is 388 g/mol. The van der Waals surface area contributed by atoms with Crippen LogP contribution in [0.15, 0.2) is 72.4 Å². The molecule has 0 aromatic heterocycles. The molecule has 0 atom stereocenters. The van der Waals surface area contributed by atoms with Crippen LogP contribution in [0.25, 0.3) is 5.57 Å². The van der Waals surface area contributed by atoms with Gasteiger partial charge >= 0.3 is 0 Å². The lowest BCUT2D eigenvalue weighted by Crippen LogP contribution is -2.32. The molecule has 0 radical (unpaired) electrons. The first-order chi connectivity index (χ1) is 14.9. The largest absolute Gasteiger partial charge is 0.495 e. The van der Waals surface area contributed by atoms with Crippen LogP contribution >= 0.6 is 0 Å². The SMILES string of the molecule is COc1ccc(C)cc1N1C(=O)C(Nc2ccccc2C)=C(c2ccc(C)cc2)C1=O. The Morgan fingerprint density at radius 2 is 1.48 bits per heavy atom. The van der Waals surface area contributed by atoms with Gasteiger partial charge < -0.3 is 10.1 Å². The van der Waals surface area contributed by atoms with Crippen molar-refractivity contribution >= 4 is 28.8 Å². The molecule has 1 aliphatic heterocycles. The van der Waals surface area contributed by atoms with Crippen molar-refractivity contribution in [2.24, 2.45) is 0 Å². The number of carbonyl (C=O) groups excluding carboxylic acids is 2. The van der Waals surface area contributed by atoms with E-state index in [9.17, 15) is 9.59 Å². The Kier molecular flexibility index (Phi) is 5.34. The van der Waals surface area contributed by atoms with Crippen molar-refractivity contribution < 1.29 is 14.3 Å². The van der Waals surface area contributed by atoms with Crippen LogP contribution in [-0.2, 0) is 9.59 Å². The molecule has 0 fully saturated rings. The third-order valence-electron chi connectivity index (χ3n) is 5.40. The molecular formula is C26H24N2O3. The van der Waals surface area contributed by atoms with E-state index in [0.29, 0.717) is 22.6 Å². The maximum atomic E-state index is 13.6. The lowest BCUT2D eigenvalue weighted by Gasteiger charge is -2.19. The molecule has 1 N–H and O–H groups in total. The Balaban J connectivity index is 1.87. The topological polar surface area (TPSA) is 58.6 Å². The molecule has 0 unspecified atom stereocenters. The van der Waals surface area contributed by atoms with Gasteiger partial charge in [0.1, 0.15) is 11.4 Å². The number of benzene rings is 3. The zero-order valence-electron chi connectivity index (χ0n) is 18.0. The van der Waals surface area contributed by atoms with E-state index < -0.39 is 5.91 Å². The minimum absolute atomic E-state index is 0.256. The molecule has 3 aromatic rings. The maximum absolute atomic E-state index is 13.6. The summed E-state index contributed by atoms with van der Waals surface area (Å²) in [5, 5.41) is 3.23. The number of nitrogens with zero attached hydrogens (tertiary/aromatic N) is 1. The summed E-state index contributed by atoms with van der Waals surface area (Å²) in [5.41, 5.74) is 5.48. The van der Waals surface area contributed by atoms with Crippen molar-refractivity contribution in [2.45, 2.75) is 20.8 Å². The fourth-order valence-electron chi connectivity index (χ4n) is 3.68. The second-order valence-corrected chi connectivity index (χ2v) is 7.68. The van der Waals surface area contributed by atoms with E-state index in [-0.39, 0.29) is 11.6 Å². The molecule has 156 valence electrons. The van der Waals surface area contributed by atoms with Crippen LogP contribution in [0.3, 0.4) is 0 Å². The molecule has 1 heterocycles. The van der Waals surface area contributed by atoms with Crippen LogP contribution in [0.2, 0.25) is 0 Å². The summed E-state index contributed by atoms with van der Waals surface area (Å²) < 4.78 is 5.45. The summed E-state index contributed by atoms with van der Waals surface area (Å²) in [6, 6.07) is 20.7. The highest BCUT2D eigenvalue weighted by molar-refractivity contribution is 6.46. The highest BCUT2D eigenvalue weighted by atomic mass is 16.5. The molecule has 0 aliphatic carbocycles. The number of carbonyl (C=O) groups is 2. The zero-order chi connectivity index (χ0) is 22.1. The van der Waals surface area contributed by atoms with Crippen LogP contribution in [0.1, 0.15) is 22.3 Å². The number of ether oxygens (including phenoxy) is 1. The van der Waals surface area contributed by atoms with Gasteiger partial charge in [0.15, 0.2) is 0 Å². The smallest absolute Gasteiger partial charge is 0.282 e. The highest BCUT2D eigenvalue weighted by Crippen LogP contribution is 2.38. The summed E-state index contributed by atoms with van der Waals surface area (Å²) in [4.78, 5) is 28.4. The minimum Gasteiger partial charge on any atom is -0.495 e. The fourth-order valence-corrected chi connectivity index (χ4v) is 3.68. The van der Waals surface area contributed by atoms with E-state index in [1.54, 1.807) is 12.1 Å². The van der Waals surface area contributed by atoms with Gasteiger partial charge in [-0.25, -0.2) is 4.90 Å². The summed E-state index contributed by atoms with van der Waals surface area (Å²) in [5.74, 6) is -0.325. The number of aryl methyl sites for hydroxylation is 3. The standard InChI is InChI=1S/C26H24N2O3/c1-16-9-12-19(13-10-16)23-24(27-20-8-6-5-7-18(20)3)26(30)28(25(23)29)21-15-17(2)11-14-22(21)31-4/h5-15,27H,1-4H3. The van der Waals surface area contributed by atoms with E-state index >= 15 is 0 Å². The van der Waals surface area contributed by atoms with Crippen LogP contribution < -0.4 is 15.0 Å². The second-order valence-electron chi connectivity index (χ2n) is 7.68. The third kappa shape index (κ3) is 3.70. The molecule has 2 amide bonds. The average molecular weight is 412 g/mol. The van der Waals surface area contributed by atoms with Crippen LogP contribution in [0, 0.1) is 20.8 Å². The molecule has 5 nitrogen and oxygen atoms in total. The van der Waals surface area contributed by atoms with Gasteiger partial charge in [0.25, 0.3) is 11.8 Å². The quantitative estimate of drug-likeness (QED) is 0.598. The number of amides is 2. The van der Waals surface area contributed by atoms with Crippen molar-refractivity contribution in [3.05, 3.63) is 94.7 Å². The first-order valence-electron chi connectivity index (χ1n) is 10.1. The highest BCUT2D eigenvalue weighted by Gasteiger charge is 2.41. The van der Waals surface area contributed by atoms with Crippen molar-refractivity contribution in [3.8, 4) is 5.75 Å². The van der Waals surface area contributed by atoms with E-state index in [4.69, 9.17) is 4.74 Å². The van der Waals surface area contributed by atoms with Crippen molar-refractivity contribution in [1.29, 1.82) is 0 Å². The molecule has 0 saturated heterocycles. The van der Waals surface area contributed by atoms with E-state index in [0.717, 1.165) is 22.4 Å². The predicted octanol–water partition coefficient (Wildman–Crippen LogP) is 5.02. The number of anilines is 2. The predicted molar refractivity (Wildman–Crippen MR) is 123 cm³/mol. The summed E-state index contributed by atoms with van der Waals surface area (Å²) >= 11 is 0. The van der Waals surface area contributed by atoms with Crippen LogP contribution in [-0.4, -0.2) is 18.9 Å². The van der Waals surface area contributed by atoms with Crippen molar-refractivity contribution in [2.75, 3.05) is 17.3 Å². The van der Waals surface area contributed by atoms with Gasteiger partial charge in [0, 0.05) is 5.69 Å². The lowest BCUT2D eigenvalue weighted by molar-refractivity contribution is -0.120. The van der Waals surface area contributed by atoms with Gasteiger partial charge in [-0.3, -0.25) is 9.59 Å². The minimum atomic E-state index is -0.410. The van der Waals surface area contributed by atoms with Gasteiger partial charge in [0.05, 0.1) is 18.4 Å². The molecule has 3 aromatic carbocycles. The number of nitrogens with one attached hydrogen (secondary N) is 1. The summed E-state index contributed by atoms with van der Waals surface area (Å²) in [7, 11) is 1.53. The lowest BCUT2D eigenvalue weighted by atomic mass is 10.0. The zero-order valence-corrected chi connectivity index (χ0v) is 18.0. The number of rotatable bonds is 5. The van der Waals surface area contributed by atoms with E-state index in [1.807, 2.05) is 75.4 Å². The molecule has 4 rings (SSSR count). The molecule has 1 aliphatic rings.